The van der Waals surface area contributed by atoms with Gasteiger partial charge in [0.05, 0.1) is 29.3 Å². The van der Waals surface area contributed by atoms with Crippen LogP contribution in [0.3, 0.4) is 0 Å². The summed E-state index contributed by atoms with van der Waals surface area (Å²) in [7, 11) is 0. The molecule has 1 aliphatic carbocycles. The van der Waals surface area contributed by atoms with Gasteiger partial charge in [-0.15, -0.1) is 0 Å². The van der Waals surface area contributed by atoms with Gasteiger partial charge >= 0.3 is 12.2 Å². The molecule has 10 heteroatoms. The highest BCUT2D eigenvalue weighted by Crippen LogP contribution is 2.40. The van der Waals surface area contributed by atoms with Crippen LogP contribution in [0.1, 0.15) is 42.4 Å². The number of amides is 2. The number of benzene rings is 1. The van der Waals surface area contributed by atoms with E-state index in [4.69, 9.17) is 5.26 Å². The fraction of sp³-hybridized carbons (Fsp3) is 0.333. The van der Waals surface area contributed by atoms with Crippen LogP contribution in [-0.4, -0.2) is 37.5 Å². The Kier molecular flexibility index (Phi) is 5.48. The van der Waals surface area contributed by atoms with Gasteiger partial charge in [-0.3, -0.25) is 9.47 Å². The van der Waals surface area contributed by atoms with Crippen LogP contribution < -0.4 is 4.90 Å². The van der Waals surface area contributed by atoms with Gasteiger partial charge in [0, 0.05) is 30.8 Å². The fourth-order valence-corrected chi connectivity index (χ4v) is 4.93. The number of anilines is 1. The lowest BCUT2D eigenvalue weighted by Crippen LogP contribution is -2.39. The normalized spacial score (nSPS) is 20.4. The van der Waals surface area contributed by atoms with Crippen molar-refractivity contribution >= 4 is 11.7 Å². The molecular formula is C24H21F3N6O. The number of halogens is 3. The Morgan fingerprint density at radius 2 is 1.91 bits per heavy atom. The molecule has 1 aromatic carbocycles. The zero-order valence-electron chi connectivity index (χ0n) is 18.1. The lowest BCUT2D eigenvalue weighted by atomic mass is 9.89. The molecule has 0 spiro atoms. The smallest absolute Gasteiger partial charge is 0.315 e. The van der Waals surface area contributed by atoms with E-state index in [0.29, 0.717) is 18.8 Å². The van der Waals surface area contributed by atoms with E-state index >= 15 is 0 Å². The lowest BCUT2D eigenvalue weighted by Gasteiger charge is -2.32. The van der Waals surface area contributed by atoms with Crippen molar-refractivity contribution in [2.24, 2.45) is 0 Å². The summed E-state index contributed by atoms with van der Waals surface area (Å²) in [5.74, 6) is 0.698. The SMILES string of the molecule is N#Cc1ccc(N2C(=O)N(Cc3ccc(-n4ccnc4)nc3)[C@@H]3CCCC[C@H]32)cc1C(F)(F)F. The summed E-state index contributed by atoms with van der Waals surface area (Å²) in [6, 6.07) is 8.19. The summed E-state index contributed by atoms with van der Waals surface area (Å²) < 4.78 is 42.4. The Hall–Kier alpha value is -3.87. The van der Waals surface area contributed by atoms with Gasteiger partial charge in [0.25, 0.3) is 0 Å². The van der Waals surface area contributed by atoms with Crippen LogP contribution in [0.25, 0.3) is 5.82 Å². The van der Waals surface area contributed by atoms with Crippen molar-refractivity contribution in [3.63, 3.8) is 0 Å². The van der Waals surface area contributed by atoms with E-state index in [1.807, 2.05) is 12.1 Å². The predicted molar refractivity (Wildman–Crippen MR) is 117 cm³/mol. The van der Waals surface area contributed by atoms with Crippen molar-refractivity contribution in [2.45, 2.75) is 50.5 Å². The first-order valence-corrected chi connectivity index (χ1v) is 11.0. The van der Waals surface area contributed by atoms with Crippen LogP contribution in [0.5, 0.6) is 0 Å². The summed E-state index contributed by atoms with van der Waals surface area (Å²) in [5.41, 5.74) is -0.474. The van der Waals surface area contributed by atoms with Gasteiger partial charge in [-0.05, 0) is 42.7 Å². The molecule has 0 bridgehead atoms. The van der Waals surface area contributed by atoms with E-state index in [2.05, 4.69) is 9.97 Å². The van der Waals surface area contributed by atoms with E-state index in [1.54, 1.807) is 40.5 Å². The molecule has 1 saturated heterocycles. The van der Waals surface area contributed by atoms with Crippen molar-refractivity contribution in [2.75, 3.05) is 4.90 Å². The molecule has 2 amide bonds. The number of fused-ring (bicyclic) bond motifs is 1. The van der Waals surface area contributed by atoms with Gasteiger partial charge < -0.3 is 4.90 Å². The molecule has 0 radical (unpaired) electrons. The molecule has 3 heterocycles. The van der Waals surface area contributed by atoms with Crippen molar-refractivity contribution in [3.8, 4) is 11.9 Å². The average Bonchev–Trinajstić information content (AvgIpc) is 3.46. The number of nitriles is 1. The largest absolute Gasteiger partial charge is 0.417 e. The molecule has 2 aliphatic rings. The van der Waals surface area contributed by atoms with Crippen molar-refractivity contribution in [3.05, 3.63) is 71.9 Å². The van der Waals surface area contributed by atoms with Gasteiger partial charge in [-0.25, -0.2) is 14.8 Å². The second-order valence-corrected chi connectivity index (χ2v) is 8.53. The number of urea groups is 1. The molecule has 7 nitrogen and oxygen atoms in total. The van der Waals surface area contributed by atoms with E-state index < -0.39 is 17.3 Å². The molecule has 174 valence electrons. The summed E-state index contributed by atoms with van der Waals surface area (Å²) in [4.78, 5) is 25.2. The molecule has 3 aromatic rings. The van der Waals surface area contributed by atoms with Crippen LogP contribution in [0.4, 0.5) is 23.7 Å². The Morgan fingerprint density at radius 1 is 1.12 bits per heavy atom. The third-order valence-corrected chi connectivity index (χ3v) is 6.52. The first-order valence-electron chi connectivity index (χ1n) is 11.0. The van der Waals surface area contributed by atoms with Crippen LogP contribution >= 0.6 is 0 Å². The molecular weight excluding hydrogens is 445 g/mol. The van der Waals surface area contributed by atoms with Crippen LogP contribution in [-0.2, 0) is 12.7 Å². The number of alkyl halides is 3. The number of rotatable bonds is 4. The Morgan fingerprint density at radius 3 is 2.56 bits per heavy atom. The first kappa shape index (κ1) is 21.9. The number of carbonyl (C=O) groups is 1. The quantitative estimate of drug-likeness (QED) is 0.547. The number of nitrogens with zero attached hydrogens (tertiary/aromatic N) is 6. The Labute approximate surface area is 194 Å². The van der Waals surface area contributed by atoms with Gasteiger partial charge in [0.2, 0.25) is 0 Å². The number of aromatic nitrogens is 3. The minimum absolute atomic E-state index is 0.0976. The second-order valence-electron chi connectivity index (χ2n) is 8.53. The molecule has 2 atom stereocenters. The molecule has 1 aliphatic heterocycles. The molecule has 5 rings (SSSR count). The molecule has 1 saturated carbocycles. The van der Waals surface area contributed by atoms with Gasteiger partial charge in [-0.2, -0.15) is 18.4 Å². The zero-order valence-corrected chi connectivity index (χ0v) is 18.1. The lowest BCUT2D eigenvalue weighted by molar-refractivity contribution is -0.137. The highest BCUT2D eigenvalue weighted by Gasteiger charge is 2.47. The summed E-state index contributed by atoms with van der Waals surface area (Å²) in [6.45, 7) is 0.316. The van der Waals surface area contributed by atoms with Crippen LogP contribution in [0.15, 0.2) is 55.2 Å². The van der Waals surface area contributed by atoms with Crippen LogP contribution in [0.2, 0.25) is 0 Å². The summed E-state index contributed by atoms with van der Waals surface area (Å²) in [6.07, 6.45) is 5.46. The number of pyridine rings is 1. The highest BCUT2D eigenvalue weighted by molar-refractivity contribution is 5.96. The minimum Gasteiger partial charge on any atom is -0.315 e. The topological polar surface area (TPSA) is 78.0 Å². The van der Waals surface area contributed by atoms with E-state index in [0.717, 1.165) is 37.0 Å². The number of imidazole rings is 1. The summed E-state index contributed by atoms with van der Waals surface area (Å²) >= 11 is 0. The van der Waals surface area contributed by atoms with Crippen molar-refractivity contribution in [1.82, 2.24) is 19.4 Å². The third kappa shape index (κ3) is 3.87. The predicted octanol–water partition coefficient (Wildman–Crippen LogP) is 4.91. The number of hydrogen-bond acceptors (Lipinski definition) is 4. The molecule has 2 aromatic heterocycles. The molecule has 0 N–H and O–H groups in total. The number of carbonyl (C=O) groups excluding carboxylic acids is 1. The third-order valence-electron chi connectivity index (χ3n) is 6.52. The maximum absolute atomic E-state index is 13.6. The Bertz CT molecular complexity index is 1230. The number of hydrogen-bond donors (Lipinski definition) is 0. The second kappa shape index (κ2) is 8.48. The maximum atomic E-state index is 13.6. The van der Waals surface area contributed by atoms with E-state index in [9.17, 15) is 18.0 Å². The Balaban J connectivity index is 1.45. The minimum atomic E-state index is -4.68. The highest BCUT2D eigenvalue weighted by atomic mass is 19.4. The maximum Gasteiger partial charge on any atom is 0.417 e. The van der Waals surface area contributed by atoms with E-state index in [1.165, 1.54) is 11.0 Å². The fourth-order valence-electron chi connectivity index (χ4n) is 4.93. The average molecular weight is 466 g/mol. The summed E-state index contributed by atoms with van der Waals surface area (Å²) in [5, 5.41) is 9.11. The van der Waals surface area contributed by atoms with Crippen molar-refractivity contribution in [1.29, 1.82) is 5.26 Å². The van der Waals surface area contributed by atoms with Gasteiger partial charge in [0.1, 0.15) is 12.1 Å². The first-order chi connectivity index (χ1) is 16.4. The van der Waals surface area contributed by atoms with Crippen molar-refractivity contribution < 1.29 is 18.0 Å². The monoisotopic (exact) mass is 466 g/mol. The molecule has 34 heavy (non-hydrogen) atoms. The zero-order chi connectivity index (χ0) is 23.9. The molecule has 2 fully saturated rings. The van der Waals surface area contributed by atoms with Gasteiger partial charge in [0.15, 0.2) is 0 Å². The van der Waals surface area contributed by atoms with Crippen LogP contribution in [0, 0.1) is 11.3 Å². The molecule has 0 unspecified atom stereocenters. The van der Waals surface area contributed by atoms with Gasteiger partial charge in [-0.1, -0.05) is 18.9 Å². The van der Waals surface area contributed by atoms with E-state index in [-0.39, 0.29) is 23.8 Å². The standard InChI is InChI=1S/C24H21F3N6O/c25-24(26,27)19-11-18(7-6-17(19)12-28)33-21-4-2-1-3-20(21)32(23(33)34)14-16-5-8-22(30-13-16)31-10-9-29-15-31/h5-11,13,15,20-21H,1-4,14H2/t20-,21-/m1/s1.